The molecule has 0 N–H and O–H groups in total. The van der Waals surface area contributed by atoms with Gasteiger partial charge in [0.15, 0.2) is 11.5 Å². The molecule has 2 aliphatic rings. The minimum atomic E-state index is -0.0366. The summed E-state index contributed by atoms with van der Waals surface area (Å²) in [5.41, 5.74) is 0. The van der Waals surface area contributed by atoms with Crippen LogP contribution in [-0.2, 0) is 14.3 Å². The van der Waals surface area contributed by atoms with E-state index in [-0.39, 0.29) is 5.92 Å². The Kier molecular flexibility index (Phi) is 1.86. The zero-order valence-corrected chi connectivity index (χ0v) is 6.66. The van der Waals surface area contributed by atoms with Crippen LogP contribution in [0.15, 0.2) is 23.7 Å². The van der Waals surface area contributed by atoms with Crippen LogP contribution in [0.1, 0.15) is 6.42 Å². The van der Waals surface area contributed by atoms with Gasteiger partial charge in [-0.3, -0.25) is 0 Å². The fourth-order valence-corrected chi connectivity index (χ4v) is 1.34. The molecule has 0 aromatic rings. The van der Waals surface area contributed by atoms with Gasteiger partial charge in [0.25, 0.3) is 0 Å². The lowest BCUT2D eigenvalue weighted by Gasteiger charge is -2.24. The zero-order chi connectivity index (χ0) is 8.39. The molecule has 0 radical (unpaired) electrons. The van der Waals surface area contributed by atoms with Crippen LogP contribution in [-0.4, -0.2) is 19.5 Å². The quantitative estimate of drug-likeness (QED) is 0.545. The van der Waals surface area contributed by atoms with Crippen LogP contribution in [0.25, 0.3) is 0 Å². The number of hydrogen-bond acceptors (Lipinski definition) is 3. The van der Waals surface area contributed by atoms with E-state index in [1.54, 1.807) is 0 Å². The number of aldehydes is 1. The predicted octanol–water partition coefficient (Wildman–Crippen LogP) is 1.02. The summed E-state index contributed by atoms with van der Waals surface area (Å²) in [5.74, 6) is 1.48. The lowest BCUT2D eigenvalue weighted by molar-refractivity contribution is -0.110. The molecule has 1 unspecified atom stereocenters. The second kappa shape index (κ2) is 3.01. The van der Waals surface area contributed by atoms with Crippen molar-refractivity contribution in [2.45, 2.75) is 6.42 Å². The summed E-state index contributed by atoms with van der Waals surface area (Å²) >= 11 is 0. The second-order valence-corrected chi connectivity index (χ2v) is 2.83. The molecular weight excluding hydrogens is 156 g/mol. The number of carbonyl (C=O) groups is 1. The molecule has 0 aromatic carbocycles. The Morgan fingerprint density at radius 3 is 2.83 bits per heavy atom. The number of fused-ring (bicyclic) bond motifs is 1. The average Bonchev–Trinajstić information content (AvgIpc) is 2.17. The van der Waals surface area contributed by atoms with Crippen molar-refractivity contribution in [3.8, 4) is 0 Å². The molecule has 0 aromatic heterocycles. The molecular formula is C9H10O3. The molecule has 1 aliphatic carbocycles. The van der Waals surface area contributed by atoms with Crippen LogP contribution < -0.4 is 0 Å². The first-order chi connectivity index (χ1) is 5.90. The lowest BCUT2D eigenvalue weighted by atomic mass is 10.0. The molecule has 64 valence electrons. The van der Waals surface area contributed by atoms with Crippen molar-refractivity contribution in [2.75, 3.05) is 13.2 Å². The van der Waals surface area contributed by atoms with Crippen LogP contribution >= 0.6 is 0 Å². The molecule has 0 spiro atoms. The third kappa shape index (κ3) is 1.22. The van der Waals surface area contributed by atoms with Crippen molar-refractivity contribution in [1.82, 2.24) is 0 Å². The Balaban J connectivity index is 2.18. The third-order valence-corrected chi connectivity index (χ3v) is 1.96. The van der Waals surface area contributed by atoms with Crippen LogP contribution in [0.5, 0.6) is 0 Å². The highest BCUT2D eigenvalue weighted by atomic mass is 16.6. The van der Waals surface area contributed by atoms with Crippen molar-refractivity contribution in [3.63, 3.8) is 0 Å². The molecule has 12 heavy (non-hydrogen) atoms. The SMILES string of the molecule is O=CC1C=C2OCCOC2=CC1. The summed E-state index contributed by atoms with van der Waals surface area (Å²) in [4.78, 5) is 10.5. The molecule has 0 saturated carbocycles. The molecule has 1 saturated heterocycles. The molecule has 0 bridgehead atoms. The molecule has 1 aliphatic heterocycles. The molecule has 2 rings (SSSR count). The monoisotopic (exact) mass is 166 g/mol. The van der Waals surface area contributed by atoms with Crippen LogP contribution in [0, 0.1) is 5.92 Å². The van der Waals surface area contributed by atoms with E-state index in [2.05, 4.69) is 0 Å². The van der Waals surface area contributed by atoms with Gasteiger partial charge in [-0.25, -0.2) is 0 Å². The maximum Gasteiger partial charge on any atom is 0.157 e. The van der Waals surface area contributed by atoms with E-state index >= 15 is 0 Å². The van der Waals surface area contributed by atoms with Gasteiger partial charge in [-0.1, -0.05) is 0 Å². The van der Waals surface area contributed by atoms with Gasteiger partial charge in [-0.15, -0.1) is 0 Å². The maximum atomic E-state index is 10.5. The Morgan fingerprint density at radius 2 is 2.08 bits per heavy atom. The van der Waals surface area contributed by atoms with Crippen LogP contribution in [0.2, 0.25) is 0 Å². The summed E-state index contributed by atoms with van der Waals surface area (Å²) in [5, 5.41) is 0. The average molecular weight is 166 g/mol. The first-order valence-electron chi connectivity index (χ1n) is 4.03. The van der Waals surface area contributed by atoms with E-state index < -0.39 is 0 Å². The number of ether oxygens (including phenoxy) is 2. The van der Waals surface area contributed by atoms with E-state index in [0.29, 0.717) is 13.2 Å². The zero-order valence-electron chi connectivity index (χ0n) is 6.66. The Bertz CT molecular complexity index is 252. The van der Waals surface area contributed by atoms with E-state index in [1.165, 1.54) is 0 Å². The van der Waals surface area contributed by atoms with E-state index in [1.807, 2.05) is 12.2 Å². The standard InChI is InChI=1S/C9H10O3/c10-6-7-1-2-8-9(5-7)12-4-3-11-8/h2,5-7H,1,3-4H2. The van der Waals surface area contributed by atoms with Gasteiger partial charge in [0, 0.05) is 5.92 Å². The number of allylic oxidation sites excluding steroid dienone is 2. The molecule has 1 heterocycles. The number of rotatable bonds is 1. The predicted molar refractivity (Wildman–Crippen MR) is 42.2 cm³/mol. The van der Waals surface area contributed by atoms with Gasteiger partial charge in [0.05, 0.1) is 0 Å². The second-order valence-electron chi connectivity index (χ2n) is 2.83. The third-order valence-electron chi connectivity index (χ3n) is 1.96. The van der Waals surface area contributed by atoms with Gasteiger partial charge in [0.2, 0.25) is 0 Å². The Labute approximate surface area is 70.7 Å². The molecule has 1 atom stereocenters. The minimum Gasteiger partial charge on any atom is -0.486 e. The Hall–Kier alpha value is -1.25. The minimum absolute atomic E-state index is 0.0366. The lowest BCUT2D eigenvalue weighted by Crippen LogP contribution is -2.18. The van der Waals surface area contributed by atoms with Gasteiger partial charge in [-0.05, 0) is 18.6 Å². The largest absolute Gasteiger partial charge is 0.486 e. The fourth-order valence-electron chi connectivity index (χ4n) is 1.34. The van der Waals surface area contributed by atoms with Crippen molar-refractivity contribution in [1.29, 1.82) is 0 Å². The van der Waals surface area contributed by atoms with E-state index in [0.717, 1.165) is 24.2 Å². The summed E-state index contributed by atoms with van der Waals surface area (Å²) in [7, 11) is 0. The molecule has 3 heteroatoms. The maximum absolute atomic E-state index is 10.5. The molecule has 1 fully saturated rings. The Morgan fingerprint density at radius 1 is 1.33 bits per heavy atom. The first kappa shape index (κ1) is 7.40. The smallest absolute Gasteiger partial charge is 0.157 e. The van der Waals surface area contributed by atoms with Crippen molar-refractivity contribution in [3.05, 3.63) is 23.7 Å². The normalized spacial score (nSPS) is 27.2. The highest BCUT2D eigenvalue weighted by Gasteiger charge is 2.20. The van der Waals surface area contributed by atoms with Crippen molar-refractivity contribution in [2.24, 2.45) is 5.92 Å². The number of carbonyl (C=O) groups excluding carboxylic acids is 1. The van der Waals surface area contributed by atoms with E-state index in [4.69, 9.17) is 9.47 Å². The summed E-state index contributed by atoms with van der Waals surface area (Å²) in [6, 6.07) is 0. The number of hydrogen-bond donors (Lipinski definition) is 0. The molecule has 3 nitrogen and oxygen atoms in total. The summed E-state index contributed by atoms with van der Waals surface area (Å²) in [6.45, 7) is 1.18. The topological polar surface area (TPSA) is 35.5 Å². The van der Waals surface area contributed by atoms with Gasteiger partial charge in [-0.2, -0.15) is 0 Å². The molecule has 0 amide bonds. The van der Waals surface area contributed by atoms with E-state index in [9.17, 15) is 4.79 Å². The van der Waals surface area contributed by atoms with Crippen molar-refractivity contribution < 1.29 is 14.3 Å². The highest BCUT2D eigenvalue weighted by Crippen LogP contribution is 2.26. The summed E-state index contributed by atoms with van der Waals surface area (Å²) < 4.78 is 10.6. The van der Waals surface area contributed by atoms with Gasteiger partial charge in [0.1, 0.15) is 19.5 Å². The van der Waals surface area contributed by atoms with Crippen LogP contribution in [0.4, 0.5) is 0 Å². The van der Waals surface area contributed by atoms with Gasteiger partial charge >= 0.3 is 0 Å². The highest BCUT2D eigenvalue weighted by molar-refractivity contribution is 5.58. The van der Waals surface area contributed by atoms with Gasteiger partial charge < -0.3 is 14.3 Å². The fraction of sp³-hybridized carbons (Fsp3) is 0.444. The first-order valence-corrected chi connectivity index (χ1v) is 4.03. The van der Waals surface area contributed by atoms with Crippen molar-refractivity contribution >= 4 is 6.29 Å². The summed E-state index contributed by atoms with van der Waals surface area (Å²) in [6.07, 6.45) is 5.39. The van der Waals surface area contributed by atoms with Crippen LogP contribution in [0.3, 0.4) is 0 Å².